The highest BCUT2D eigenvalue weighted by atomic mass is 28.3. The van der Waals surface area contributed by atoms with Crippen LogP contribution in [0.25, 0.3) is 10.9 Å². The average molecular weight is 507 g/mol. The first-order valence-corrected chi connectivity index (χ1v) is 14.2. The van der Waals surface area contributed by atoms with E-state index in [2.05, 4.69) is 33.9 Å². The highest BCUT2D eigenvalue weighted by Crippen LogP contribution is 2.44. The molecule has 2 rings (SSSR count). The van der Waals surface area contributed by atoms with Crippen LogP contribution in [0.2, 0.25) is 13.1 Å². The Morgan fingerprint density at radius 2 is 1.80 bits per heavy atom. The fourth-order valence-electron chi connectivity index (χ4n) is 4.01. The summed E-state index contributed by atoms with van der Waals surface area (Å²) in [6, 6.07) is 1.95. The third-order valence-corrected chi connectivity index (χ3v) is 6.43. The van der Waals surface area contributed by atoms with Crippen LogP contribution in [0.15, 0.2) is 6.07 Å². The van der Waals surface area contributed by atoms with Gasteiger partial charge in [0.15, 0.2) is 12.5 Å². The molecule has 195 valence electrons. The number of esters is 1. The van der Waals surface area contributed by atoms with E-state index in [1.165, 1.54) is 7.11 Å². The summed E-state index contributed by atoms with van der Waals surface area (Å²) in [5.74, 6) is 1.07. The predicted octanol–water partition coefficient (Wildman–Crippen LogP) is 5.33. The van der Waals surface area contributed by atoms with E-state index in [9.17, 15) is 4.79 Å². The monoisotopic (exact) mass is 506 g/mol. The van der Waals surface area contributed by atoms with Gasteiger partial charge in [-0.05, 0) is 51.3 Å². The second-order valence-electron chi connectivity index (χ2n) is 9.60. The number of carbonyl (C=O) groups excluding carboxylic acids is 1. The summed E-state index contributed by atoms with van der Waals surface area (Å²) in [5, 5.41) is 0.618. The lowest BCUT2D eigenvalue weighted by molar-refractivity contribution is 0.0487. The largest absolute Gasteiger partial charge is 0.496 e. The minimum absolute atomic E-state index is 0.00189. The van der Waals surface area contributed by atoms with E-state index in [-0.39, 0.29) is 30.6 Å². The number of aromatic nitrogens is 1. The normalized spacial score (nSPS) is 12.7. The number of rotatable bonds is 12. The van der Waals surface area contributed by atoms with Crippen molar-refractivity contribution in [3.8, 4) is 17.2 Å². The quantitative estimate of drug-likeness (QED) is 0.217. The first-order valence-electron chi connectivity index (χ1n) is 11.8. The molecule has 0 saturated carbocycles. The van der Waals surface area contributed by atoms with Crippen molar-refractivity contribution in [2.45, 2.75) is 66.7 Å². The van der Waals surface area contributed by atoms with E-state index < -0.39 is 15.0 Å². The maximum Gasteiger partial charge on any atom is 0.357 e. The van der Waals surface area contributed by atoms with Crippen molar-refractivity contribution in [2.75, 3.05) is 34.7 Å². The number of methoxy groups -OCH3 is 3. The molecule has 0 fully saturated rings. The van der Waals surface area contributed by atoms with Gasteiger partial charge >= 0.3 is 5.97 Å². The van der Waals surface area contributed by atoms with Crippen LogP contribution in [0.5, 0.6) is 17.2 Å². The van der Waals surface area contributed by atoms with Crippen molar-refractivity contribution >= 4 is 25.9 Å². The molecule has 0 aliphatic carbocycles. The number of aryl methyl sites for hydroxylation is 1. The van der Waals surface area contributed by atoms with E-state index in [1.54, 1.807) is 28.1 Å². The third kappa shape index (κ3) is 6.86. The standard InChI is InChI=1S/C26H40NO7Si/c1-11-32-25(28)21-16(2)23(33-15-29-6)20-18(30-7)14-17(24(31-8)22(20)27-21)12-13-19(26(3,4)5)34-35(9)10/h14,19H,11-13,15H2,1-10H3. The molecular weight excluding hydrogens is 466 g/mol. The first kappa shape index (κ1) is 28.9. The minimum atomic E-state index is -0.869. The van der Waals surface area contributed by atoms with Gasteiger partial charge in [-0.15, -0.1) is 0 Å². The molecule has 0 bridgehead atoms. The van der Waals surface area contributed by atoms with E-state index in [0.29, 0.717) is 40.1 Å². The van der Waals surface area contributed by atoms with Gasteiger partial charge in [0.25, 0.3) is 0 Å². The molecule has 1 atom stereocenters. The Balaban J connectivity index is 2.73. The molecule has 1 aromatic heterocycles. The van der Waals surface area contributed by atoms with Gasteiger partial charge in [0.2, 0.25) is 9.04 Å². The molecule has 0 amide bonds. The second kappa shape index (κ2) is 12.6. The Morgan fingerprint density at radius 1 is 1.11 bits per heavy atom. The number of fused-ring (bicyclic) bond motifs is 1. The molecule has 0 aliphatic heterocycles. The molecular formula is C26H40NO7Si. The molecule has 1 radical (unpaired) electrons. The van der Waals surface area contributed by atoms with Crippen molar-refractivity contribution in [1.82, 2.24) is 4.98 Å². The van der Waals surface area contributed by atoms with Crippen LogP contribution in [0, 0.1) is 12.3 Å². The average Bonchev–Trinajstić information content (AvgIpc) is 2.79. The summed E-state index contributed by atoms with van der Waals surface area (Å²) in [5.41, 5.74) is 2.10. The van der Waals surface area contributed by atoms with Crippen molar-refractivity contribution in [2.24, 2.45) is 5.41 Å². The van der Waals surface area contributed by atoms with Crippen LogP contribution in [0.1, 0.15) is 55.7 Å². The van der Waals surface area contributed by atoms with Crippen LogP contribution in [0.3, 0.4) is 0 Å². The number of ether oxygens (including phenoxy) is 5. The van der Waals surface area contributed by atoms with Crippen LogP contribution >= 0.6 is 0 Å². The number of hydrogen-bond donors (Lipinski definition) is 0. The SMILES string of the molecule is CCOC(=O)c1nc2c(OC)c(CCC(O[Si](C)C)C(C)(C)C)cc(OC)c2c(OCOC)c1C. The third-order valence-electron chi connectivity index (χ3n) is 5.68. The molecule has 0 aliphatic rings. The van der Waals surface area contributed by atoms with Gasteiger partial charge in [-0.3, -0.25) is 0 Å². The molecule has 0 N–H and O–H groups in total. The van der Waals surface area contributed by atoms with Crippen LogP contribution < -0.4 is 14.2 Å². The summed E-state index contributed by atoms with van der Waals surface area (Å²) >= 11 is 0. The number of nitrogens with zero attached hydrogens (tertiary/aromatic N) is 1. The summed E-state index contributed by atoms with van der Waals surface area (Å²) in [7, 11) is 3.87. The Kier molecular flexibility index (Phi) is 10.4. The van der Waals surface area contributed by atoms with Crippen molar-refractivity contribution in [1.29, 1.82) is 0 Å². The fraction of sp³-hybridized carbons (Fsp3) is 0.615. The zero-order valence-electron chi connectivity index (χ0n) is 22.8. The molecule has 0 saturated heterocycles. The molecule has 2 aromatic rings. The zero-order chi connectivity index (χ0) is 26.3. The van der Waals surface area contributed by atoms with Gasteiger partial charge in [0.05, 0.1) is 32.3 Å². The van der Waals surface area contributed by atoms with Gasteiger partial charge in [0, 0.05) is 18.2 Å². The van der Waals surface area contributed by atoms with Crippen LogP contribution in [-0.2, 0) is 20.3 Å². The molecule has 1 aromatic carbocycles. The number of benzene rings is 1. The van der Waals surface area contributed by atoms with Gasteiger partial charge in [-0.25, -0.2) is 9.78 Å². The number of carbonyl (C=O) groups is 1. The maximum atomic E-state index is 12.7. The molecule has 1 heterocycles. The van der Waals surface area contributed by atoms with Gasteiger partial charge < -0.3 is 28.1 Å². The Hall–Kier alpha value is -2.36. The van der Waals surface area contributed by atoms with Crippen molar-refractivity contribution in [3.05, 3.63) is 22.9 Å². The summed E-state index contributed by atoms with van der Waals surface area (Å²) < 4.78 is 34.3. The van der Waals surface area contributed by atoms with Crippen molar-refractivity contribution < 1.29 is 32.9 Å². The summed E-state index contributed by atoms with van der Waals surface area (Å²) in [4.78, 5) is 17.4. The van der Waals surface area contributed by atoms with Gasteiger partial charge in [-0.2, -0.15) is 0 Å². The topological polar surface area (TPSA) is 85.3 Å². The maximum absolute atomic E-state index is 12.7. The summed E-state index contributed by atoms with van der Waals surface area (Å²) in [6.07, 6.45) is 1.57. The Bertz CT molecular complexity index is 1020. The lowest BCUT2D eigenvalue weighted by Crippen LogP contribution is -2.33. The van der Waals surface area contributed by atoms with Crippen LogP contribution in [-0.4, -0.2) is 60.8 Å². The fourth-order valence-corrected chi connectivity index (χ4v) is 5.05. The molecule has 35 heavy (non-hydrogen) atoms. The first-order chi connectivity index (χ1) is 16.5. The number of hydrogen-bond acceptors (Lipinski definition) is 8. The molecule has 9 heteroatoms. The highest BCUT2D eigenvalue weighted by Gasteiger charge is 2.29. The zero-order valence-corrected chi connectivity index (χ0v) is 23.8. The van der Waals surface area contributed by atoms with E-state index in [4.69, 9.17) is 33.1 Å². The minimum Gasteiger partial charge on any atom is -0.496 e. The molecule has 1 unspecified atom stereocenters. The lowest BCUT2D eigenvalue weighted by atomic mass is 9.85. The van der Waals surface area contributed by atoms with Gasteiger partial charge in [-0.1, -0.05) is 20.8 Å². The van der Waals surface area contributed by atoms with Crippen LogP contribution in [0.4, 0.5) is 0 Å². The summed E-state index contributed by atoms with van der Waals surface area (Å²) in [6.45, 7) is 14.6. The predicted molar refractivity (Wildman–Crippen MR) is 138 cm³/mol. The van der Waals surface area contributed by atoms with E-state index in [1.807, 2.05) is 6.07 Å². The Labute approximate surface area is 210 Å². The Morgan fingerprint density at radius 3 is 2.31 bits per heavy atom. The van der Waals surface area contributed by atoms with E-state index in [0.717, 1.165) is 12.0 Å². The second-order valence-corrected chi connectivity index (χ2v) is 11.7. The number of pyridine rings is 1. The molecule has 0 spiro atoms. The van der Waals surface area contributed by atoms with E-state index >= 15 is 0 Å². The van der Waals surface area contributed by atoms with Crippen molar-refractivity contribution in [3.63, 3.8) is 0 Å². The highest BCUT2D eigenvalue weighted by molar-refractivity contribution is 6.48. The molecule has 8 nitrogen and oxygen atoms in total. The van der Waals surface area contributed by atoms with Gasteiger partial charge in [0.1, 0.15) is 22.8 Å². The lowest BCUT2D eigenvalue weighted by Gasteiger charge is -2.32. The smallest absolute Gasteiger partial charge is 0.357 e.